The summed E-state index contributed by atoms with van der Waals surface area (Å²) in [5, 5.41) is 2.80. The first kappa shape index (κ1) is 16.2. The SMILES string of the molecule is CC(C)C[C@H](CN)CC(=O)Nc1ccc(C(N)=O)cc1. The van der Waals surface area contributed by atoms with E-state index in [1.807, 2.05) is 0 Å². The van der Waals surface area contributed by atoms with Crippen LogP contribution in [0.1, 0.15) is 37.0 Å². The Labute approximate surface area is 119 Å². The molecular weight excluding hydrogens is 254 g/mol. The average Bonchev–Trinajstić information content (AvgIpc) is 2.37. The number of hydrogen-bond acceptors (Lipinski definition) is 3. The summed E-state index contributed by atoms with van der Waals surface area (Å²) in [6.45, 7) is 4.73. The van der Waals surface area contributed by atoms with Crippen LogP contribution in [0.25, 0.3) is 0 Å². The summed E-state index contributed by atoms with van der Waals surface area (Å²) in [6, 6.07) is 6.51. The molecule has 1 rings (SSSR count). The largest absolute Gasteiger partial charge is 0.366 e. The van der Waals surface area contributed by atoms with Crippen LogP contribution in [-0.2, 0) is 4.79 Å². The van der Waals surface area contributed by atoms with Crippen molar-refractivity contribution in [2.75, 3.05) is 11.9 Å². The Hall–Kier alpha value is -1.88. The minimum atomic E-state index is -0.483. The average molecular weight is 277 g/mol. The van der Waals surface area contributed by atoms with E-state index in [2.05, 4.69) is 19.2 Å². The van der Waals surface area contributed by atoms with Crippen molar-refractivity contribution in [3.63, 3.8) is 0 Å². The van der Waals surface area contributed by atoms with Gasteiger partial charge in [0.1, 0.15) is 0 Å². The molecule has 0 aromatic heterocycles. The van der Waals surface area contributed by atoms with Gasteiger partial charge in [-0.2, -0.15) is 0 Å². The van der Waals surface area contributed by atoms with Gasteiger partial charge in [-0.15, -0.1) is 0 Å². The van der Waals surface area contributed by atoms with Gasteiger partial charge in [0.05, 0.1) is 0 Å². The Kier molecular flexibility index (Phi) is 6.18. The van der Waals surface area contributed by atoms with Gasteiger partial charge in [-0.3, -0.25) is 9.59 Å². The number of anilines is 1. The van der Waals surface area contributed by atoms with E-state index < -0.39 is 5.91 Å². The summed E-state index contributed by atoms with van der Waals surface area (Å²) in [5.41, 5.74) is 11.9. The van der Waals surface area contributed by atoms with E-state index in [0.29, 0.717) is 30.1 Å². The van der Waals surface area contributed by atoms with Crippen LogP contribution >= 0.6 is 0 Å². The number of hydrogen-bond donors (Lipinski definition) is 3. The Morgan fingerprint density at radius 1 is 1.20 bits per heavy atom. The highest BCUT2D eigenvalue weighted by atomic mass is 16.2. The number of nitrogens with two attached hydrogens (primary N) is 2. The molecule has 2 amide bonds. The van der Waals surface area contributed by atoms with Crippen molar-refractivity contribution in [1.29, 1.82) is 0 Å². The molecule has 0 saturated carbocycles. The van der Waals surface area contributed by atoms with Crippen molar-refractivity contribution in [2.45, 2.75) is 26.7 Å². The lowest BCUT2D eigenvalue weighted by Gasteiger charge is -2.16. The van der Waals surface area contributed by atoms with Crippen LogP contribution in [0.5, 0.6) is 0 Å². The second-order valence-electron chi connectivity index (χ2n) is 5.43. The summed E-state index contributed by atoms with van der Waals surface area (Å²) in [6.07, 6.45) is 1.34. The maximum atomic E-state index is 11.9. The lowest BCUT2D eigenvalue weighted by atomic mass is 9.94. The fourth-order valence-corrected chi connectivity index (χ4v) is 2.12. The minimum Gasteiger partial charge on any atom is -0.366 e. The fraction of sp³-hybridized carbons (Fsp3) is 0.467. The zero-order chi connectivity index (χ0) is 15.1. The molecule has 5 N–H and O–H groups in total. The maximum Gasteiger partial charge on any atom is 0.248 e. The smallest absolute Gasteiger partial charge is 0.248 e. The third-order valence-corrected chi connectivity index (χ3v) is 3.07. The van der Waals surface area contributed by atoms with Crippen molar-refractivity contribution in [3.8, 4) is 0 Å². The van der Waals surface area contributed by atoms with Gasteiger partial charge in [0, 0.05) is 17.7 Å². The predicted molar refractivity (Wildman–Crippen MR) is 80.2 cm³/mol. The van der Waals surface area contributed by atoms with Crippen LogP contribution in [0.2, 0.25) is 0 Å². The molecule has 0 saturated heterocycles. The Morgan fingerprint density at radius 3 is 2.25 bits per heavy atom. The molecule has 0 aliphatic heterocycles. The molecule has 0 spiro atoms. The molecule has 0 bridgehead atoms. The van der Waals surface area contributed by atoms with Crippen LogP contribution in [0.15, 0.2) is 24.3 Å². The van der Waals surface area contributed by atoms with Crippen LogP contribution in [0, 0.1) is 11.8 Å². The second-order valence-corrected chi connectivity index (χ2v) is 5.43. The van der Waals surface area contributed by atoms with Crippen molar-refractivity contribution < 1.29 is 9.59 Å². The number of primary amides is 1. The summed E-state index contributed by atoms with van der Waals surface area (Å²) in [5.74, 6) is 0.169. The third kappa shape index (κ3) is 5.40. The third-order valence-electron chi connectivity index (χ3n) is 3.07. The highest BCUT2D eigenvalue weighted by molar-refractivity contribution is 5.94. The lowest BCUT2D eigenvalue weighted by molar-refractivity contribution is -0.117. The Morgan fingerprint density at radius 2 is 1.80 bits per heavy atom. The standard InChI is InChI=1S/C15H23N3O2/c1-10(2)7-11(9-16)8-14(19)18-13-5-3-12(4-6-13)15(17)20/h3-6,10-11H,7-9,16H2,1-2H3,(H2,17,20)(H,18,19)/t11-/m0/s1. The second kappa shape index (κ2) is 7.65. The van der Waals surface area contributed by atoms with Crippen molar-refractivity contribution >= 4 is 17.5 Å². The summed E-state index contributed by atoms with van der Waals surface area (Å²) in [4.78, 5) is 22.9. The van der Waals surface area contributed by atoms with Gasteiger partial charge < -0.3 is 16.8 Å². The van der Waals surface area contributed by atoms with Gasteiger partial charge >= 0.3 is 0 Å². The number of rotatable bonds is 7. The van der Waals surface area contributed by atoms with Crippen molar-refractivity contribution in [1.82, 2.24) is 0 Å². The monoisotopic (exact) mass is 277 g/mol. The van der Waals surface area contributed by atoms with Crippen LogP contribution in [-0.4, -0.2) is 18.4 Å². The molecule has 5 heteroatoms. The van der Waals surface area contributed by atoms with Crippen LogP contribution in [0.3, 0.4) is 0 Å². The molecule has 1 atom stereocenters. The van der Waals surface area contributed by atoms with Crippen LogP contribution < -0.4 is 16.8 Å². The highest BCUT2D eigenvalue weighted by Crippen LogP contribution is 2.16. The molecule has 1 aromatic rings. The topological polar surface area (TPSA) is 98.2 Å². The summed E-state index contributed by atoms with van der Waals surface area (Å²) < 4.78 is 0. The van der Waals surface area contributed by atoms with Gasteiger partial charge in [-0.25, -0.2) is 0 Å². The van der Waals surface area contributed by atoms with E-state index in [1.165, 1.54) is 0 Å². The summed E-state index contributed by atoms with van der Waals surface area (Å²) in [7, 11) is 0. The number of carbonyl (C=O) groups excluding carboxylic acids is 2. The van der Waals surface area contributed by atoms with E-state index in [4.69, 9.17) is 11.5 Å². The zero-order valence-corrected chi connectivity index (χ0v) is 12.1. The number of nitrogens with one attached hydrogen (secondary N) is 1. The first-order chi connectivity index (χ1) is 9.42. The molecule has 0 heterocycles. The summed E-state index contributed by atoms with van der Waals surface area (Å²) >= 11 is 0. The first-order valence-corrected chi connectivity index (χ1v) is 6.82. The van der Waals surface area contributed by atoms with Crippen molar-refractivity contribution in [3.05, 3.63) is 29.8 Å². The molecular formula is C15H23N3O2. The zero-order valence-electron chi connectivity index (χ0n) is 12.1. The molecule has 0 radical (unpaired) electrons. The molecule has 0 fully saturated rings. The fourth-order valence-electron chi connectivity index (χ4n) is 2.12. The highest BCUT2D eigenvalue weighted by Gasteiger charge is 2.14. The molecule has 5 nitrogen and oxygen atoms in total. The molecule has 0 unspecified atom stereocenters. The predicted octanol–water partition coefficient (Wildman–Crippen LogP) is 1.74. The normalized spacial score (nSPS) is 12.2. The Balaban J connectivity index is 2.55. The van der Waals surface area contributed by atoms with E-state index in [1.54, 1.807) is 24.3 Å². The van der Waals surface area contributed by atoms with Crippen LogP contribution in [0.4, 0.5) is 5.69 Å². The first-order valence-electron chi connectivity index (χ1n) is 6.82. The van der Waals surface area contributed by atoms with Crippen molar-refractivity contribution in [2.24, 2.45) is 23.3 Å². The van der Waals surface area contributed by atoms with Gasteiger partial charge in [0.2, 0.25) is 11.8 Å². The minimum absolute atomic E-state index is 0.0621. The molecule has 20 heavy (non-hydrogen) atoms. The van der Waals surface area contributed by atoms with Gasteiger partial charge in [0.15, 0.2) is 0 Å². The Bertz CT molecular complexity index is 455. The van der Waals surface area contributed by atoms with E-state index in [0.717, 1.165) is 6.42 Å². The van der Waals surface area contributed by atoms with E-state index >= 15 is 0 Å². The van der Waals surface area contributed by atoms with Gasteiger partial charge in [-0.05, 0) is 49.1 Å². The molecule has 1 aromatic carbocycles. The van der Waals surface area contributed by atoms with E-state index in [9.17, 15) is 9.59 Å². The molecule has 0 aliphatic rings. The van der Waals surface area contributed by atoms with E-state index in [-0.39, 0.29) is 11.8 Å². The number of amides is 2. The molecule has 0 aliphatic carbocycles. The number of benzene rings is 1. The lowest BCUT2D eigenvalue weighted by Crippen LogP contribution is -2.23. The van der Waals surface area contributed by atoms with Gasteiger partial charge in [-0.1, -0.05) is 13.8 Å². The quantitative estimate of drug-likeness (QED) is 0.708. The number of carbonyl (C=O) groups is 2. The maximum absolute atomic E-state index is 11.9. The molecule has 110 valence electrons. The van der Waals surface area contributed by atoms with Gasteiger partial charge in [0.25, 0.3) is 0 Å².